The third-order valence-corrected chi connectivity index (χ3v) is 4.53. The van der Waals surface area contributed by atoms with Crippen LogP contribution in [0.3, 0.4) is 0 Å². The van der Waals surface area contributed by atoms with Crippen LogP contribution in [0.1, 0.15) is 42.6 Å². The number of fused-ring (bicyclic) bond motifs is 1. The summed E-state index contributed by atoms with van der Waals surface area (Å²) in [6.07, 6.45) is 1.34. The maximum atomic E-state index is 12.8. The van der Waals surface area contributed by atoms with Crippen LogP contribution < -0.4 is 10.9 Å². The molecule has 2 aromatic rings. The van der Waals surface area contributed by atoms with E-state index in [0.717, 1.165) is 6.42 Å². The molecule has 9 heteroatoms. The maximum absolute atomic E-state index is 12.8. The van der Waals surface area contributed by atoms with Crippen LogP contribution in [-0.4, -0.2) is 19.8 Å². The molecule has 1 N–H and O–H groups in total. The second-order valence-corrected chi connectivity index (χ2v) is 6.21. The van der Waals surface area contributed by atoms with Gasteiger partial charge in [0.15, 0.2) is 0 Å². The van der Waals surface area contributed by atoms with Crippen molar-refractivity contribution >= 4 is 30.2 Å². The van der Waals surface area contributed by atoms with Crippen LogP contribution in [0.25, 0.3) is 0 Å². The fourth-order valence-corrected chi connectivity index (χ4v) is 3.23. The fourth-order valence-electron chi connectivity index (χ4n) is 2.97. The van der Waals surface area contributed by atoms with E-state index in [0.29, 0.717) is 23.4 Å². The average Bonchev–Trinajstić information content (AvgIpc) is 2.59. The number of carbonyl (C=O) groups excluding carboxylic acids is 1. The normalized spacial score (nSPS) is 16.2. The number of carbonyl (C=O) groups is 1. The molecule has 1 aliphatic rings. The minimum Gasteiger partial charge on any atom is -0.310 e. The summed E-state index contributed by atoms with van der Waals surface area (Å²) in [6.45, 7) is 1.95. The Morgan fingerprint density at radius 1 is 1.44 bits per heavy atom. The van der Waals surface area contributed by atoms with Crippen molar-refractivity contribution in [1.82, 2.24) is 8.96 Å². The minimum atomic E-state index is -0.599. The van der Waals surface area contributed by atoms with Gasteiger partial charge < -0.3 is 5.32 Å². The molecule has 0 radical (unpaired) electrons. The fraction of sp³-hybridized carbons (Fsp3) is 0.312. The first-order valence-electron chi connectivity index (χ1n) is 7.81. The summed E-state index contributed by atoms with van der Waals surface area (Å²) >= 11 is 4.23. The highest BCUT2D eigenvalue weighted by Crippen LogP contribution is 2.35. The molecule has 0 aliphatic carbocycles. The second-order valence-electron chi connectivity index (χ2n) is 5.81. The minimum absolute atomic E-state index is 0.0198. The van der Waals surface area contributed by atoms with Gasteiger partial charge in [0.1, 0.15) is 11.6 Å². The molecular formula is C16H16N4O4S. The Labute approximate surface area is 148 Å². The average molecular weight is 360 g/mol. The maximum Gasteiger partial charge on any atom is 0.269 e. The van der Waals surface area contributed by atoms with Crippen molar-refractivity contribution < 1.29 is 9.72 Å². The number of amides is 1. The highest BCUT2D eigenvalue weighted by molar-refractivity contribution is 7.78. The number of nitro benzene ring substituents is 1. The van der Waals surface area contributed by atoms with E-state index < -0.39 is 10.8 Å². The molecule has 130 valence electrons. The van der Waals surface area contributed by atoms with Crippen molar-refractivity contribution in [3.8, 4) is 0 Å². The number of rotatable bonds is 4. The molecule has 3 rings (SSSR count). The Hall–Kier alpha value is -2.68. The van der Waals surface area contributed by atoms with E-state index in [-0.39, 0.29) is 29.4 Å². The van der Waals surface area contributed by atoms with Crippen molar-refractivity contribution in [1.29, 1.82) is 0 Å². The molecule has 0 fully saturated rings. The lowest BCUT2D eigenvalue weighted by Gasteiger charge is -2.25. The third kappa shape index (κ3) is 3.14. The van der Waals surface area contributed by atoms with Crippen LogP contribution in [-0.2, 0) is 11.2 Å². The molecule has 25 heavy (non-hydrogen) atoms. The van der Waals surface area contributed by atoms with Gasteiger partial charge in [-0.25, -0.2) is 8.96 Å². The molecule has 0 saturated carbocycles. The molecule has 1 aliphatic heterocycles. The van der Waals surface area contributed by atoms with Gasteiger partial charge in [0.2, 0.25) is 5.91 Å². The molecule has 0 saturated heterocycles. The lowest BCUT2D eigenvalue weighted by Crippen LogP contribution is -2.34. The lowest BCUT2D eigenvalue weighted by molar-refractivity contribution is -0.384. The summed E-state index contributed by atoms with van der Waals surface area (Å²) in [5.41, 5.74) is 0.371. The van der Waals surface area contributed by atoms with Gasteiger partial charge in [-0.15, -0.1) is 0 Å². The van der Waals surface area contributed by atoms with Crippen LogP contribution in [0.15, 0.2) is 29.1 Å². The topological polar surface area (TPSA) is 107 Å². The van der Waals surface area contributed by atoms with Crippen LogP contribution in [0.4, 0.5) is 11.5 Å². The number of nitrogens with one attached hydrogen (secondary N) is 1. The Bertz CT molecular complexity index is 925. The summed E-state index contributed by atoms with van der Waals surface area (Å²) in [6, 6.07) is 5.96. The van der Waals surface area contributed by atoms with Gasteiger partial charge in [-0.05, 0) is 12.0 Å². The smallest absolute Gasteiger partial charge is 0.269 e. The second kappa shape index (κ2) is 6.67. The van der Waals surface area contributed by atoms with Crippen LogP contribution in [0, 0.1) is 10.1 Å². The Kier molecular flexibility index (Phi) is 4.58. The van der Waals surface area contributed by atoms with Crippen molar-refractivity contribution in [2.75, 3.05) is 5.32 Å². The molecule has 2 heterocycles. The number of nitro groups is 1. The van der Waals surface area contributed by atoms with Crippen LogP contribution >= 0.6 is 12.8 Å². The van der Waals surface area contributed by atoms with Gasteiger partial charge in [-0.3, -0.25) is 19.7 Å². The number of hydrogen-bond acceptors (Lipinski definition) is 6. The molecule has 0 bridgehead atoms. The van der Waals surface area contributed by atoms with Crippen molar-refractivity contribution in [2.24, 2.45) is 0 Å². The van der Waals surface area contributed by atoms with Crippen molar-refractivity contribution in [3.63, 3.8) is 0 Å². The molecule has 8 nitrogen and oxygen atoms in total. The number of hydrogen-bond donors (Lipinski definition) is 2. The van der Waals surface area contributed by atoms with Gasteiger partial charge in [-0.1, -0.05) is 31.9 Å². The number of benzene rings is 1. The summed E-state index contributed by atoms with van der Waals surface area (Å²) in [5.74, 6) is -0.200. The van der Waals surface area contributed by atoms with E-state index >= 15 is 0 Å². The molecular weight excluding hydrogens is 344 g/mol. The van der Waals surface area contributed by atoms with E-state index in [1.165, 1.54) is 22.2 Å². The highest BCUT2D eigenvalue weighted by Gasteiger charge is 2.32. The summed E-state index contributed by atoms with van der Waals surface area (Å²) < 4.78 is 1.18. The van der Waals surface area contributed by atoms with Gasteiger partial charge in [0.05, 0.1) is 10.5 Å². The Morgan fingerprint density at radius 3 is 2.88 bits per heavy atom. The first kappa shape index (κ1) is 17.2. The zero-order valence-electron chi connectivity index (χ0n) is 13.4. The van der Waals surface area contributed by atoms with E-state index in [1.54, 1.807) is 6.07 Å². The van der Waals surface area contributed by atoms with E-state index in [2.05, 4.69) is 23.1 Å². The summed E-state index contributed by atoms with van der Waals surface area (Å²) in [4.78, 5) is 39.7. The van der Waals surface area contributed by atoms with Crippen molar-refractivity contribution in [2.45, 2.75) is 32.1 Å². The Morgan fingerprint density at radius 2 is 2.20 bits per heavy atom. The number of anilines is 1. The molecule has 1 aromatic heterocycles. The molecule has 1 aromatic carbocycles. The predicted octanol–water partition coefficient (Wildman–Crippen LogP) is 2.27. The molecule has 1 unspecified atom stereocenters. The molecule has 1 atom stereocenters. The highest BCUT2D eigenvalue weighted by atomic mass is 32.1. The van der Waals surface area contributed by atoms with E-state index in [4.69, 9.17) is 0 Å². The number of aromatic nitrogens is 2. The Balaban J connectivity index is 2.18. The lowest BCUT2D eigenvalue weighted by atomic mass is 9.86. The largest absolute Gasteiger partial charge is 0.310 e. The number of non-ortho nitro benzene ring substituents is 1. The standard InChI is InChI=1S/C16H16N4O4S/c1-2-4-12-17-15-14(16(22)19(12)25)11(8-13(21)18-15)9-5-3-6-10(7-9)20(23)24/h3,5-7,11,25H,2,4,8H2,1H3,(H,18,21). The third-order valence-electron chi connectivity index (χ3n) is 4.12. The quantitative estimate of drug-likeness (QED) is 0.494. The summed E-state index contributed by atoms with van der Waals surface area (Å²) in [5, 5.41) is 13.7. The first-order chi connectivity index (χ1) is 11.9. The number of thiol groups is 1. The van der Waals surface area contributed by atoms with Crippen LogP contribution in [0.5, 0.6) is 0 Å². The van der Waals surface area contributed by atoms with Gasteiger partial charge in [0, 0.05) is 30.9 Å². The van der Waals surface area contributed by atoms with Gasteiger partial charge in [0.25, 0.3) is 11.2 Å². The number of nitrogens with zero attached hydrogens (tertiary/aromatic N) is 3. The van der Waals surface area contributed by atoms with Gasteiger partial charge >= 0.3 is 0 Å². The van der Waals surface area contributed by atoms with Gasteiger partial charge in [-0.2, -0.15) is 0 Å². The zero-order valence-corrected chi connectivity index (χ0v) is 14.3. The molecule has 1 amide bonds. The number of aryl methyl sites for hydroxylation is 1. The monoisotopic (exact) mass is 360 g/mol. The summed E-state index contributed by atoms with van der Waals surface area (Å²) in [7, 11) is 0. The van der Waals surface area contributed by atoms with E-state index in [9.17, 15) is 19.7 Å². The van der Waals surface area contributed by atoms with E-state index in [1.807, 2.05) is 6.92 Å². The van der Waals surface area contributed by atoms with Crippen LogP contribution in [0.2, 0.25) is 0 Å². The zero-order chi connectivity index (χ0) is 18.1. The molecule has 0 spiro atoms. The SMILES string of the molecule is CCCc1nc2c(c(=O)n1S)C(c1cccc([N+](=O)[O-])c1)CC(=O)N2. The predicted molar refractivity (Wildman–Crippen MR) is 95.1 cm³/mol. The van der Waals surface area contributed by atoms with Crippen molar-refractivity contribution in [3.05, 3.63) is 61.7 Å². The first-order valence-corrected chi connectivity index (χ1v) is 8.21.